The number of carbonyl (C=O) groups excluding carboxylic acids is 1. The summed E-state index contributed by atoms with van der Waals surface area (Å²) in [6.07, 6.45) is 5.12. The van der Waals surface area contributed by atoms with Gasteiger partial charge in [0, 0.05) is 24.6 Å². The van der Waals surface area contributed by atoms with Crippen molar-refractivity contribution in [2.24, 2.45) is 5.41 Å². The molecule has 0 radical (unpaired) electrons. The Kier molecular flexibility index (Phi) is 6.92. The summed E-state index contributed by atoms with van der Waals surface area (Å²) in [6.45, 7) is 3.23. The van der Waals surface area contributed by atoms with Gasteiger partial charge in [0.15, 0.2) is 0 Å². The van der Waals surface area contributed by atoms with Crippen LogP contribution in [0.5, 0.6) is 0 Å². The summed E-state index contributed by atoms with van der Waals surface area (Å²) in [5, 5.41) is 10.5. The molecule has 2 heterocycles. The molecule has 136 valence electrons. The Morgan fingerprint density at radius 3 is 2.64 bits per heavy atom. The van der Waals surface area contributed by atoms with Crippen LogP contribution < -0.4 is 10.6 Å². The maximum Gasteiger partial charge on any atom is 0.251 e. The lowest BCUT2D eigenvalue weighted by Crippen LogP contribution is -2.47. The van der Waals surface area contributed by atoms with Crippen molar-refractivity contribution >= 4 is 18.3 Å². The second-order valence-electron chi connectivity index (χ2n) is 6.25. The number of methoxy groups -OCH3 is 1. The summed E-state index contributed by atoms with van der Waals surface area (Å²) in [6, 6.07) is 7.33. The molecule has 1 aliphatic rings. The molecule has 3 rings (SSSR count). The van der Waals surface area contributed by atoms with E-state index >= 15 is 0 Å². The number of carbonyl (C=O) groups is 1. The molecule has 0 unspecified atom stereocenters. The molecule has 7 nitrogen and oxygen atoms in total. The summed E-state index contributed by atoms with van der Waals surface area (Å²) < 4.78 is 7.04. The molecular formula is C17H24ClN5O2. The molecule has 8 heteroatoms. The number of piperidine rings is 1. The quantitative estimate of drug-likeness (QED) is 0.809. The van der Waals surface area contributed by atoms with Crippen LogP contribution in [0.15, 0.2) is 36.9 Å². The first-order valence-corrected chi connectivity index (χ1v) is 8.15. The fourth-order valence-corrected chi connectivity index (χ4v) is 3.11. The van der Waals surface area contributed by atoms with Gasteiger partial charge in [0.25, 0.3) is 5.91 Å². The van der Waals surface area contributed by atoms with E-state index in [2.05, 4.69) is 20.7 Å². The third kappa shape index (κ3) is 4.78. The van der Waals surface area contributed by atoms with Crippen LogP contribution in [0.1, 0.15) is 23.2 Å². The highest BCUT2D eigenvalue weighted by molar-refractivity contribution is 5.94. The number of nitrogens with one attached hydrogen (secondary N) is 2. The van der Waals surface area contributed by atoms with Gasteiger partial charge in [0.1, 0.15) is 12.7 Å². The molecule has 0 aliphatic carbocycles. The van der Waals surface area contributed by atoms with Gasteiger partial charge in [0.05, 0.1) is 12.3 Å². The number of amides is 1. The highest BCUT2D eigenvalue weighted by Crippen LogP contribution is 2.28. The first-order chi connectivity index (χ1) is 11.7. The van der Waals surface area contributed by atoms with Crippen molar-refractivity contribution in [2.45, 2.75) is 12.8 Å². The van der Waals surface area contributed by atoms with Crippen LogP contribution in [-0.2, 0) is 4.74 Å². The summed E-state index contributed by atoms with van der Waals surface area (Å²) in [7, 11) is 1.72. The highest BCUT2D eigenvalue weighted by Gasteiger charge is 2.32. The average molecular weight is 366 g/mol. The largest absolute Gasteiger partial charge is 0.384 e. The highest BCUT2D eigenvalue weighted by atomic mass is 35.5. The van der Waals surface area contributed by atoms with Crippen LogP contribution in [0.4, 0.5) is 0 Å². The predicted octanol–water partition coefficient (Wildman–Crippen LogP) is 1.44. The topological polar surface area (TPSA) is 81.1 Å². The fourth-order valence-electron chi connectivity index (χ4n) is 3.11. The molecule has 0 spiro atoms. The summed E-state index contributed by atoms with van der Waals surface area (Å²) in [4.78, 5) is 16.3. The van der Waals surface area contributed by atoms with E-state index in [0.717, 1.165) is 31.6 Å². The Labute approximate surface area is 153 Å². The van der Waals surface area contributed by atoms with Crippen molar-refractivity contribution in [2.75, 3.05) is 33.4 Å². The van der Waals surface area contributed by atoms with Crippen molar-refractivity contribution < 1.29 is 9.53 Å². The number of benzene rings is 1. The second kappa shape index (κ2) is 8.94. The molecule has 0 saturated carbocycles. The van der Waals surface area contributed by atoms with E-state index in [-0.39, 0.29) is 23.7 Å². The number of hydrogen-bond acceptors (Lipinski definition) is 5. The molecule has 1 aromatic heterocycles. The van der Waals surface area contributed by atoms with Gasteiger partial charge < -0.3 is 15.4 Å². The van der Waals surface area contributed by atoms with Crippen LogP contribution in [0.2, 0.25) is 0 Å². The molecule has 0 bridgehead atoms. The molecule has 1 saturated heterocycles. The van der Waals surface area contributed by atoms with E-state index in [1.54, 1.807) is 30.3 Å². The number of halogens is 1. The molecule has 2 N–H and O–H groups in total. The molecule has 0 atom stereocenters. The van der Waals surface area contributed by atoms with Crippen LogP contribution in [0.25, 0.3) is 5.69 Å². The van der Waals surface area contributed by atoms with E-state index in [1.165, 1.54) is 6.33 Å². The van der Waals surface area contributed by atoms with E-state index in [1.807, 2.05) is 12.1 Å². The zero-order valence-electron chi connectivity index (χ0n) is 14.3. The monoisotopic (exact) mass is 365 g/mol. The van der Waals surface area contributed by atoms with Crippen LogP contribution in [0, 0.1) is 5.41 Å². The zero-order chi connectivity index (χ0) is 16.8. The van der Waals surface area contributed by atoms with Gasteiger partial charge in [-0.3, -0.25) is 4.79 Å². The van der Waals surface area contributed by atoms with Gasteiger partial charge in [-0.1, -0.05) is 0 Å². The minimum atomic E-state index is -0.0610. The first-order valence-electron chi connectivity index (χ1n) is 8.15. The minimum Gasteiger partial charge on any atom is -0.384 e. The maximum absolute atomic E-state index is 12.4. The molecule has 1 fully saturated rings. The third-order valence-corrected chi connectivity index (χ3v) is 4.55. The summed E-state index contributed by atoms with van der Waals surface area (Å²) >= 11 is 0. The summed E-state index contributed by atoms with van der Waals surface area (Å²) in [5.41, 5.74) is 1.54. The number of nitrogens with zero attached hydrogens (tertiary/aromatic N) is 3. The standard InChI is InChI=1S/C17H23N5O2.ClH/c1-24-11-17(6-8-18-9-7-17)10-20-16(23)14-2-4-15(5-3-14)22-13-19-12-21-22;/h2-5,12-13,18H,6-11H2,1H3,(H,20,23);1H. The third-order valence-electron chi connectivity index (χ3n) is 4.55. The zero-order valence-corrected chi connectivity index (χ0v) is 15.1. The lowest BCUT2D eigenvalue weighted by molar-refractivity contribution is 0.0512. The molecular weight excluding hydrogens is 342 g/mol. The van der Waals surface area contributed by atoms with E-state index in [0.29, 0.717) is 18.7 Å². The van der Waals surface area contributed by atoms with E-state index < -0.39 is 0 Å². The van der Waals surface area contributed by atoms with Crippen LogP contribution in [0.3, 0.4) is 0 Å². The lowest BCUT2D eigenvalue weighted by atomic mass is 9.79. The number of rotatable bonds is 6. The Bertz CT molecular complexity index is 649. The minimum absolute atomic E-state index is 0. The Morgan fingerprint density at radius 2 is 2.04 bits per heavy atom. The first kappa shape index (κ1) is 19.4. The molecule has 1 aliphatic heterocycles. The molecule has 1 aromatic carbocycles. The average Bonchev–Trinajstić information content (AvgIpc) is 3.16. The van der Waals surface area contributed by atoms with Crippen molar-refractivity contribution in [1.29, 1.82) is 0 Å². The molecule has 2 aromatic rings. The van der Waals surface area contributed by atoms with Gasteiger partial charge in [0.2, 0.25) is 0 Å². The normalized spacial score (nSPS) is 16.0. The molecule has 25 heavy (non-hydrogen) atoms. The fraction of sp³-hybridized carbons (Fsp3) is 0.471. The van der Waals surface area contributed by atoms with Crippen molar-refractivity contribution in [1.82, 2.24) is 25.4 Å². The van der Waals surface area contributed by atoms with Crippen molar-refractivity contribution in [3.8, 4) is 5.69 Å². The van der Waals surface area contributed by atoms with Gasteiger partial charge >= 0.3 is 0 Å². The predicted molar refractivity (Wildman–Crippen MR) is 97.4 cm³/mol. The number of hydrogen-bond donors (Lipinski definition) is 2. The SMILES string of the molecule is COCC1(CNC(=O)c2ccc(-n3cncn3)cc2)CCNCC1.Cl. The Balaban J connectivity index is 0.00000225. The molecule has 1 amide bonds. The van der Waals surface area contributed by atoms with Gasteiger partial charge in [-0.05, 0) is 50.2 Å². The van der Waals surface area contributed by atoms with Gasteiger partial charge in [-0.25, -0.2) is 9.67 Å². The van der Waals surface area contributed by atoms with Crippen LogP contribution >= 0.6 is 12.4 Å². The van der Waals surface area contributed by atoms with E-state index in [9.17, 15) is 4.79 Å². The smallest absolute Gasteiger partial charge is 0.251 e. The Hall–Kier alpha value is -1.96. The van der Waals surface area contributed by atoms with Gasteiger partial charge in [-0.15, -0.1) is 12.4 Å². The maximum atomic E-state index is 12.4. The number of ether oxygens (including phenoxy) is 1. The van der Waals surface area contributed by atoms with Crippen molar-refractivity contribution in [3.05, 3.63) is 42.5 Å². The number of aromatic nitrogens is 3. The van der Waals surface area contributed by atoms with Crippen molar-refractivity contribution in [3.63, 3.8) is 0 Å². The van der Waals surface area contributed by atoms with Crippen LogP contribution in [-0.4, -0.2) is 54.0 Å². The van der Waals surface area contributed by atoms with E-state index in [4.69, 9.17) is 4.74 Å². The van der Waals surface area contributed by atoms with Gasteiger partial charge in [-0.2, -0.15) is 5.10 Å². The second-order valence-corrected chi connectivity index (χ2v) is 6.25. The lowest BCUT2D eigenvalue weighted by Gasteiger charge is -2.37. The Morgan fingerprint density at radius 1 is 1.32 bits per heavy atom. The summed E-state index contributed by atoms with van der Waals surface area (Å²) in [5.74, 6) is -0.0610.